The second-order valence-electron chi connectivity index (χ2n) is 9.96. The number of nitrogens with zero attached hydrogens (tertiary/aromatic N) is 1. The van der Waals surface area contributed by atoms with Crippen LogP contribution in [0.1, 0.15) is 75.2 Å². The van der Waals surface area contributed by atoms with Crippen molar-refractivity contribution in [3.8, 4) is 0 Å². The van der Waals surface area contributed by atoms with E-state index in [4.69, 9.17) is 4.74 Å². The SMILES string of the molecule is CCCN(CC)C(=O)c1ccc(C2=CC3(CCCNCC3)OC3CCC=CC(C(=O)NCC)=C23)cc1. The van der Waals surface area contributed by atoms with Gasteiger partial charge in [-0.3, -0.25) is 9.59 Å². The molecule has 1 aromatic carbocycles. The third kappa shape index (κ3) is 5.65. The molecule has 2 N–H and O–H groups in total. The first-order chi connectivity index (χ1) is 17.5. The highest BCUT2D eigenvalue weighted by Gasteiger charge is 2.41. The zero-order valence-corrected chi connectivity index (χ0v) is 22.1. The summed E-state index contributed by atoms with van der Waals surface area (Å²) >= 11 is 0. The largest absolute Gasteiger partial charge is 0.363 e. The molecule has 0 radical (unpaired) electrons. The lowest BCUT2D eigenvalue weighted by molar-refractivity contribution is -0.117. The van der Waals surface area contributed by atoms with E-state index in [0.717, 1.165) is 74.9 Å². The molecule has 0 aromatic heterocycles. The molecule has 2 heterocycles. The van der Waals surface area contributed by atoms with Crippen molar-refractivity contribution >= 4 is 17.4 Å². The molecule has 4 rings (SSSR count). The molecule has 2 atom stereocenters. The number of amides is 2. The zero-order valence-electron chi connectivity index (χ0n) is 22.1. The van der Waals surface area contributed by atoms with Gasteiger partial charge >= 0.3 is 0 Å². The molecule has 2 unspecified atom stereocenters. The van der Waals surface area contributed by atoms with Gasteiger partial charge in [-0.15, -0.1) is 0 Å². The molecule has 36 heavy (non-hydrogen) atoms. The molecule has 1 saturated heterocycles. The average molecular weight is 492 g/mol. The molecule has 0 saturated carbocycles. The summed E-state index contributed by atoms with van der Waals surface area (Å²) in [7, 11) is 0. The maximum Gasteiger partial charge on any atom is 0.253 e. The molecule has 2 aliphatic heterocycles. The highest BCUT2D eigenvalue weighted by Crippen LogP contribution is 2.44. The van der Waals surface area contributed by atoms with E-state index in [-0.39, 0.29) is 23.5 Å². The third-order valence-corrected chi connectivity index (χ3v) is 7.43. The monoisotopic (exact) mass is 491 g/mol. The van der Waals surface area contributed by atoms with Crippen LogP contribution < -0.4 is 10.6 Å². The minimum Gasteiger partial charge on any atom is -0.363 e. The number of hydrogen-bond donors (Lipinski definition) is 2. The molecule has 6 nitrogen and oxygen atoms in total. The molecule has 1 fully saturated rings. The summed E-state index contributed by atoms with van der Waals surface area (Å²) in [6, 6.07) is 7.95. The van der Waals surface area contributed by atoms with Crippen LogP contribution in [0.5, 0.6) is 0 Å². The Bertz CT molecular complexity index is 1030. The van der Waals surface area contributed by atoms with Crippen molar-refractivity contribution in [2.75, 3.05) is 32.7 Å². The van der Waals surface area contributed by atoms with E-state index in [0.29, 0.717) is 24.2 Å². The van der Waals surface area contributed by atoms with Crippen molar-refractivity contribution in [3.63, 3.8) is 0 Å². The van der Waals surface area contributed by atoms with Crippen LogP contribution in [0.2, 0.25) is 0 Å². The Morgan fingerprint density at radius 1 is 1.14 bits per heavy atom. The van der Waals surface area contributed by atoms with Gasteiger partial charge in [0.2, 0.25) is 0 Å². The number of hydrogen-bond acceptors (Lipinski definition) is 4. The third-order valence-electron chi connectivity index (χ3n) is 7.43. The lowest BCUT2D eigenvalue weighted by Gasteiger charge is -2.41. The quantitative estimate of drug-likeness (QED) is 0.583. The van der Waals surface area contributed by atoms with Crippen LogP contribution in [0.25, 0.3) is 5.57 Å². The standard InChI is InChI=1S/C30H41N3O3/c1-4-20-33(6-3)29(35)23-14-12-22(13-15-23)25-21-30(16-9-18-31-19-17-30)36-26-11-8-7-10-24(27(25)26)28(34)32-5-2/h7,10,12-15,21,26,31H,4-6,8-9,11,16-20H2,1-3H3,(H,32,34). The summed E-state index contributed by atoms with van der Waals surface area (Å²) in [6.45, 7) is 9.99. The smallest absolute Gasteiger partial charge is 0.253 e. The number of benzene rings is 1. The topological polar surface area (TPSA) is 70.7 Å². The minimum absolute atomic E-state index is 0.0615. The van der Waals surface area contributed by atoms with Gasteiger partial charge in [-0.1, -0.05) is 31.2 Å². The van der Waals surface area contributed by atoms with Gasteiger partial charge in [0.05, 0.1) is 11.7 Å². The van der Waals surface area contributed by atoms with Crippen molar-refractivity contribution in [1.82, 2.24) is 15.5 Å². The molecule has 1 spiro atoms. The first kappa shape index (κ1) is 26.4. The van der Waals surface area contributed by atoms with Gasteiger partial charge in [-0.25, -0.2) is 0 Å². The number of carbonyl (C=O) groups is 2. The predicted molar refractivity (Wildman–Crippen MR) is 145 cm³/mol. The van der Waals surface area contributed by atoms with Gasteiger partial charge in [0.15, 0.2) is 0 Å². The van der Waals surface area contributed by atoms with Crippen LogP contribution in [0.4, 0.5) is 0 Å². The van der Waals surface area contributed by atoms with E-state index in [9.17, 15) is 9.59 Å². The highest BCUT2D eigenvalue weighted by molar-refractivity contribution is 6.02. The fourth-order valence-electron chi connectivity index (χ4n) is 5.62. The zero-order chi connectivity index (χ0) is 25.5. The van der Waals surface area contributed by atoms with E-state index in [1.165, 1.54) is 0 Å². The van der Waals surface area contributed by atoms with Crippen molar-refractivity contribution in [1.29, 1.82) is 0 Å². The maximum absolute atomic E-state index is 13.2. The maximum atomic E-state index is 13.2. The number of fused-ring (bicyclic) bond motifs is 1. The fourth-order valence-corrected chi connectivity index (χ4v) is 5.62. The second-order valence-corrected chi connectivity index (χ2v) is 9.96. The Kier molecular flexibility index (Phi) is 8.81. The summed E-state index contributed by atoms with van der Waals surface area (Å²) in [5, 5.41) is 6.50. The van der Waals surface area contributed by atoms with Gasteiger partial charge in [-0.05, 0) is 94.8 Å². The molecule has 1 aliphatic carbocycles. The van der Waals surface area contributed by atoms with E-state index >= 15 is 0 Å². The highest BCUT2D eigenvalue weighted by atomic mass is 16.5. The molecule has 0 bridgehead atoms. The Balaban J connectivity index is 1.80. The van der Waals surface area contributed by atoms with Crippen LogP contribution in [-0.4, -0.2) is 61.1 Å². The van der Waals surface area contributed by atoms with E-state index in [2.05, 4.69) is 29.7 Å². The van der Waals surface area contributed by atoms with E-state index < -0.39 is 0 Å². The lowest BCUT2D eigenvalue weighted by atomic mass is 9.80. The van der Waals surface area contributed by atoms with Crippen LogP contribution in [0.3, 0.4) is 0 Å². The van der Waals surface area contributed by atoms with Crippen molar-refractivity contribution in [3.05, 3.63) is 64.8 Å². The molecule has 2 amide bonds. The summed E-state index contributed by atoms with van der Waals surface area (Å²) < 4.78 is 6.87. The number of ether oxygens (including phenoxy) is 1. The first-order valence-corrected chi connectivity index (χ1v) is 13.7. The van der Waals surface area contributed by atoms with Gasteiger partial charge in [-0.2, -0.15) is 0 Å². The number of allylic oxidation sites excluding steroid dienone is 1. The molecule has 194 valence electrons. The van der Waals surface area contributed by atoms with E-state index in [1.54, 1.807) is 0 Å². The normalized spacial score (nSPS) is 24.0. The average Bonchev–Trinajstić information content (AvgIpc) is 3.25. The van der Waals surface area contributed by atoms with Crippen LogP contribution in [-0.2, 0) is 9.53 Å². The minimum atomic E-state index is -0.349. The Hall–Kier alpha value is -2.70. The van der Waals surface area contributed by atoms with Gasteiger partial charge in [0, 0.05) is 36.3 Å². The molecule has 3 aliphatic rings. The Morgan fingerprint density at radius 2 is 1.94 bits per heavy atom. The van der Waals surface area contributed by atoms with Gasteiger partial charge in [0.25, 0.3) is 11.8 Å². The second kappa shape index (κ2) is 12.0. The van der Waals surface area contributed by atoms with Crippen LogP contribution in [0.15, 0.2) is 53.6 Å². The summed E-state index contributed by atoms with van der Waals surface area (Å²) in [4.78, 5) is 28.1. The molecule has 6 heteroatoms. The van der Waals surface area contributed by atoms with Crippen LogP contribution >= 0.6 is 0 Å². The first-order valence-electron chi connectivity index (χ1n) is 13.7. The van der Waals surface area contributed by atoms with Crippen molar-refractivity contribution in [2.24, 2.45) is 0 Å². The van der Waals surface area contributed by atoms with E-state index in [1.807, 2.05) is 49.1 Å². The van der Waals surface area contributed by atoms with Gasteiger partial charge < -0.3 is 20.3 Å². The van der Waals surface area contributed by atoms with Crippen molar-refractivity contribution in [2.45, 2.75) is 71.0 Å². The van der Waals surface area contributed by atoms with Crippen molar-refractivity contribution < 1.29 is 14.3 Å². The summed E-state index contributed by atoms with van der Waals surface area (Å²) in [5.41, 5.74) is 4.11. The molecular formula is C30H41N3O3. The molecule has 1 aromatic rings. The van der Waals surface area contributed by atoms with Gasteiger partial charge in [0.1, 0.15) is 0 Å². The number of carbonyl (C=O) groups excluding carboxylic acids is 2. The Labute approximate surface area is 215 Å². The number of rotatable bonds is 7. The molecular weight excluding hydrogens is 450 g/mol. The fraction of sp³-hybridized carbons (Fsp3) is 0.533. The Morgan fingerprint density at radius 3 is 2.67 bits per heavy atom. The summed E-state index contributed by atoms with van der Waals surface area (Å²) in [6.07, 6.45) is 11.8. The van der Waals surface area contributed by atoms with Crippen LogP contribution in [0, 0.1) is 0 Å². The predicted octanol–water partition coefficient (Wildman–Crippen LogP) is 4.64. The summed E-state index contributed by atoms with van der Waals surface area (Å²) in [5.74, 6) is 0.00394. The number of nitrogens with one attached hydrogen (secondary N) is 2. The lowest BCUT2D eigenvalue weighted by Crippen LogP contribution is -2.41. The number of likely N-dealkylation sites (N-methyl/N-ethyl adjacent to an activating group) is 1.